The van der Waals surface area contributed by atoms with Crippen LogP contribution in [0.4, 0.5) is 4.39 Å². The number of carbonyl (C=O) groups is 2. The molecule has 108 valence electrons. The first-order valence-corrected chi connectivity index (χ1v) is 6.24. The van der Waals surface area contributed by atoms with E-state index in [9.17, 15) is 14.0 Å². The molecule has 5 heteroatoms. The van der Waals surface area contributed by atoms with Crippen molar-refractivity contribution < 1.29 is 19.1 Å². The van der Waals surface area contributed by atoms with E-state index in [0.29, 0.717) is 16.7 Å². The van der Waals surface area contributed by atoms with Gasteiger partial charge < -0.3 is 10.0 Å². The monoisotopic (exact) mass is 287 g/mol. The van der Waals surface area contributed by atoms with Crippen LogP contribution >= 0.6 is 0 Å². The summed E-state index contributed by atoms with van der Waals surface area (Å²) in [6, 6.07) is 10.2. The number of hydrogen-bond donors (Lipinski definition) is 1. The largest absolute Gasteiger partial charge is 0.478 e. The summed E-state index contributed by atoms with van der Waals surface area (Å²) < 4.78 is 13.5. The molecule has 0 spiro atoms. The summed E-state index contributed by atoms with van der Waals surface area (Å²) >= 11 is 0. The Kier molecular flexibility index (Phi) is 4.03. The Morgan fingerprint density at radius 3 is 2.10 bits per heavy atom. The minimum atomic E-state index is -1.19. The zero-order valence-electron chi connectivity index (χ0n) is 11.6. The number of nitrogens with zero attached hydrogens (tertiary/aromatic N) is 1. The van der Waals surface area contributed by atoms with Gasteiger partial charge in [0.25, 0.3) is 5.91 Å². The molecule has 0 atom stereocenters. The molecular weight excluding hydrogens is 273 g/mol. The zero-order chi connectivity index (χ0) is 15.6. The number of aromatic carboxylic acids is 1. The Labute approximate surface area is 121 Å². The molecular formula is C16H14FNO3. The number of hydrogen-bond acceptors (Lipinski definition) is 2. The van der Waals surface area contributed by atoms with Gasteiger partial charge in [-0.2, -0.15) is 0 Å². The SMILES string of the molecule is CN(C)C(=O)c1ccc(-c2cc(F)cc(C(=O)O)c2)cc1. The van der Waals surface area contributed by atoms with Crippen LogP contribution in [0.15, 0.2) is 42.5 Å². The second kappa shape index (κ2) is 5.75. The molecule has 0 heterocycles. The van der Waals surface area contributed by atoms with Gasteiger partial charge in [0.15, 0.2) is 0 Å². The van der Waals surface area contributed by atoms with Gasteiger partial charge in [0, 0.05) is 19.7 Å². The average molecular weight is 287 g/mol. The molecule has 0 aromatic heterocycles. The van der Waals surface area contributed by atoms with Crippen molar-refractivity contribution in [3.05, 3.63) is 59.4 Å². The lowest BCUT2D eigenvalue weighted by molar-refractivity contribution is 0.0696. The number of halogens is 1. The van der Waals surface area contributed by atoms with Crippen molar-refractivity contribution in [2.75, 3.05) is 14.1 Å². The van der Waals surface area contributed by atoms with Gasteiger partial charge in [-0.15, -0.1) is 0 Å². The molecule has 4 nitrogen and oxygen atoms in total. The summed E-state index contributed by atoms with van der Waals surface area (Å²) in [5, 5.41) is 8.94. The van der Waals surface area contributed by atoms with E-state index < -0.39 is 11.8 Å². The lowest BCUT2D eigenvalue weighted by atomic mass is 10.0. The van der Waals surface area contributed by atoms with Gasteiger partial charge in [0.05, 0.1) is 5.56 Å². The quantitative estimate of drug-likeness (QED) is 0.944. The van der Waals surface area contributed by atoms with E-state index in [1.54, 1.807) is 38.4 Å². The van der Waals surface area contributed by atoms with Crippen LogP contribution < -0.4 is 0 Å². The topological polar surface area (TPSA) is 57.6 Å². The third-order valence-electron chi connectivity index (χ3n) is 3.02. The van der Waals surface area contributed by atoms with Crippen LogP contribution in [0.2, 0.25) is 0 Å². The minimum Gasteiger partial charge on any atom is -0.478 e. The minimum absolute atomic E-state index is 0.113. The number of carboxylic acids is 1. The van der Waals surface area contributed by atoms with Gasteiger partial charge in [0.2, 0.25) is 0 Å². The van der Waals surface area contributed by atoms with Crippen molar-refractivity contribution in [2.24, 2.45) is 0 Å². The highest BCUT2D eigenvalue weighted by Gasteiger charge is 2.10. The van der Waals surface area contributed by atoms with Crippen molar-refractivity contribution in [1.82, 2.24) is 4.90 Å². The maximum absolute atomic E-state index is 13.5. The third kappa shape index (κ3) is 3.25. The maximum Gasteiger partial charge on any atom is 0.335 e. The molecule has 0 aliphatic heterocycles. The Balaban J connectivity index is 2.39. The zero-order valence-corrected chi connectivity index (χ0v) is 11.6. The van der Waals surface area contributed by atoms with E-state index in [0.717, 1.165) is 6.07 Å². The summed E-state index contributed by atoms with van der Waals surface area (Å²) in [7, 11) is 3.31. The van der Waals surface area contributed by atoms with Gasteiger partial charge >= 0.3 is 5.97 Å². The third-order valence-corrected chi connectivity index (χ3v) is 3.02. The molecule has 0 saturated carbocycles. The van der Waals surface area contributed by atoms with E-state index in [2.05, 4.69) is 0 Å². The predicted molar refractivity (Wildman–Crippen MR) is 76.8 cm³/mol. The highest BCUT2D eigenvalue weighted by molar-refractivity contribution is 5.94. The van der Waals surface area contributed by atoms with Gasteiger partial charge in [0.1, 0.15) is 5.82 Å². The molecule has 1 N–H and O–H groups in total. The van der Waals surface area contributed by atoms with Crippen LogP contribution in [0.1, 0.15) is 20.7 Å². The van der Waals surface area contributed by atoms with Crippen molar-refractivity contribution in [2.45, 2.75) is 0 Å². The molecule has 21 heavy (non-hydrogen) atoms. The van der Waals surface area contributed by atoms with Gasteiger partial charge in [-0.1, -0.05) is 12.1 Å². The predicted octanol–water partition coefficient (Wildman–Crippen LogP) is 2.89. The summed E-state index contributed by atoms with van der Waals surface area (Å²) in [5.74, 6) is -1.93. The Morgan fingerprint density at radius 1 is 0.952 bits per heavy atom. The first-order valence-electron chi connectivity index (χ1n) is 6.24. The fourth-order valence-electron chi connectivity index (χ4n) is 1.94. The van der Waals surface area contributed by atoms with E-state index in [1.807, 2.05) is 0 Å². The van der Waals surface area contributed by atoms with Crippen LogP contribution in [0.25, 0.3) is 11.1 Å². The Bertz CT molecular complexity index is 693. The first kappa shape index (κ1) is 14.7. The Hall–Kier alpha value is -2.69. The number of amides is 1. The van der Waals surface area contributed by atoms with Crippen LogP contribution in [0, 0.1) is 5.82 Å². The standard InChI is InChI=1S/C16H14FNO3/c1-18(2)15(19)11-5-3-10(4-6-11)12-7-13(16(20)21)9-14(17)8-12/h3-9H,1-2H3,(H,20,21). The second-order valence-electron chi connectivity index (χ2n) is 4.81. The van der Waals surface area contributed by atoms with E-state index in [1.165, 1.54) is 17.0 Å². The fourth-order valence-corrected chi connectivity index (χ4v) is 1.94. The Morgan fingerprint density at radius 2 is 1.57 bits per heavy atom. The first-order chi connectivity index (χ1) is 9.88. The van der Waals surface area contributed by atoms with Crippen molar-refractivity contribution in [1.29, 1.82) is 0 Å². The van der Waals surface area contributed by atoms with E-state index in [4.69, 9.17) is 5.11 Å². The van der Waals surface area contributed by atoms with Gasteiger partial charge in [-0.25, -0.2) is 9.18 Å². The van der Waals surface area contributed by atoms with Crippen LogP contribution in [-0.2, 0) is 0 Å². The highest BCUT2D eigenvalue weighted by atomic mass is 19.1. The fraction of sp³-hybridized carbons (Fsp3) is 0.125. The number of benzene rings is 2. The molecule has 1 amide bonds. The summed E-state index contributed by atoms with van der Waals surface area (Å²) in [6.45, 7) is 0. The molecule has 0 aliphatic rings. The maximum atomic E-state index is 13.5. The normalized spacial score (nSPS) is 10.2. The molecule has 2 rings (SSSR count). The summed E-state index contributed by atoms with van der Waals surface area (Å²) in [5.41, 5.74) is 1.50. The highest BCUT2D eigenvalue weighted by Crippen LogP contribution is 2.23. The van der Waals surface area contributed by atoms with Crippen molar-refractivity contribution in [3.63, 3.8) is 0 Å². The number of carboxylic acid groups (broad SMARTS) is 1. The number of carbonyl (C=O) groups excluding carboxylic acids is 1. The number of rotatable bonds is 3. The molecule has 0 fully saturated rings. The van der Waals surface area contributed by atoms with Crippen LogP contribution in [-0.4, -0.2) is 36.0 Å². The van der Waals surface area contributed by atoms with Crippen LogP contribution in [0.5, 0.6) is 0 Å². The molecule has 0 saturated heterocycles. The van der Waals surface area contributed by atoms with Gasteiger partial charge in [-0.05, 0) is 41.5 Å². The summed E-state index contributed by atoms with van der Waals surface area (Å²) in [6.07, 6.45) is 0. The van der Waals surface area contributed by atoms with Crippen molar-refractivity contribution >= 4 is 11.9 Å². The van der Waals surface area contributed by atoms with Crippen LogP contribution in [0.3, 0.4) is 0 Å². The molecule has 2 aromatic carbocycles. The smallest absolute Gasteiger partial charge is 0.335 e. The molecule has 0 bridgehead atoms. The lowest BCUT2D eigenvalue weighted by Crippen LogP contribution is -2.21. The molecule has 0 unspecified atom stereocenters. The van der Waals surface area contributed by atoms with Gasteiger partial charge in [-0.3, -0.25) is 4.79 Å². The van der Waals surface area contributed by atoms with E-state index >= 15 is 0 Å². The lowest BCUT2D eigenvalue weighted by Gasteiger charge is -2.11. The summed E-state index contributed by atoms with van der Waals surface area (Å²) in [4.78, 5) is 24.2. The molecule has 0 radical (unpaired) electrons. The molecule has 0 aliphatic carbocycles. The van der Waals surface area contributed by atoms with E-state index in [-0.39, 0.29) is 11.5 Å². The molecule has 2 aromatic rings. The van der Waals surface area contributed by atoms with Crippen molar-refractivity contribution in [3.8, 4) is 11.1 Å². The average Bonchev–Trinajstić information content (AvgIpc) is 2.45. The second-order valence-corrected chi connectivity index (χ2v) is 4.81.